The summed E-state index contributed by atoms with van der Waals surface area (Å²) in [6, 6.07) is 27.2. The van der Waals surface area contributed by atoms with E-state index in [1.54, 1.807) is 60.7 Å². The van der Waals surface area contributed by atoms with Gasteiger partial charge in [-0.1, -0.05) is 25.3 Å². The van der Waals surface area contributed by atoms with Crippen LogP contribution in [-0.4, -0.2) is 48.1 Å². The van der Waals surface area contributed by atoms with Gasteiger partial charge in [0.05, 0.1) is 24.3 Å². The van der Waals surface area contributed by atoms with Crippen molar-refractivity contribution in [1.29, 1.82) is 0 Å². The zero-order valence-corrected chi connectivity index (χ0v) is 29.1. The monoisotopic (exact) mass is 715 g/mol. The van der Waals surface area contributed by atoms with E-state index in [0.29, 0.717) is 68.3 Å². The van der Waals surface area contributed by atoms with Crippen molar-refractivity contribution < 1.29 is 47.4 Å². The molecule has 0 spiro atoms. The van der Waals surface area contributed by atoms with E-state index in [0.717, 1.165) is 17.3 Å². The van der Waals surface area contributed by atoms with E-state index in [1.165, 1.54) is 18.2 Å². The van der Waals surface area contributed by atoms with Gasteiger partial charge >= 0.3 is 17.9 Å². The number of allylic oxidation sites excluding steroid dienone is 1. The van der Waals surface area contributed by atoms with E-state index in [1.807, 2.05) is 52.1 Å². The van der Waals surface area contributed by atoms with E-state index >= 15 is 0 Å². The first-order valence-electron chi connectivity index (χ1n) is 16.9. The Bertz CT molecular complexity index is 2020. The van der Waals surface area contributed by atoms with Gasteiger partial charge in [-0.2, -0.15) is 0 Å². The Morgan fingerprint density at radius 2 is 1.15 bits per heavy atom. The third-order valence-corrected chi connectivity index (χ3v) is 7.79. The number of esters is 3. The second-order valence-electron chi connectivity index (χ2n) is 11.6. The van der Waals surface area contributed by atoms with Gasteiger partial charge < -0.3 is 23.7 Å². The van der Waals surface area contributed by atoms with Gasteiger partial charge in [-0.15, -0.1) is 0 Å². The molecule has 5 aromatic rings. The summed E-state index contributed by atoms with van der Waals surface area (Å²) in [5.41, 5.74) is 2.60. The Balaban J connectivity index is 1.01. The Morgan fingerprint density at radius 1 is 0.623 bits per heavy atom. The van der Waals surface area contributed by atoms with Crippen molar-refractivity contribution in [2.75, 3.05) is 19.8 Å². The highest BCUT2D eigenvalue weighted by molar-refractivity contribution is 5.92. The molecule has 0 radical (unpaired) electrons. The maximum atomic E-state index is 12.7. The Hall–Kier alpha value is -6.75. The van der Waals surface area contributed by atoms with Crippen LogP contribution < -0.4 is 23.5 Å². The van der Waals surface area contributed by atoms with Crippen LogP contribution in [-0.2, 0) is 27.3 Å². The number of hydrogen-bond donors (Lipinski definition) is 0. The number of carbonyl (C=O) groups is 4. The summed E-state index contributed by atoms with van der Waals surface area (Å²) in [6.45, 7) is 8.62. The summed E-state index contributed by atoms with van der Waals surface area (Å²) >= 11 is 0. The standard InChI is InChI=1S/C42H39N2O9/c1-3-35(45)29-31-7-13-34(14-8-31)44-24-23-43(30-44)25-28-50-37-17-11-33(12-18-37)42(48)53-39-21-19-38(20-22-39)52-41(47)32-9-15-36(16-10-32)49-26-5-6-27-51-40(46)4-2/h3-4,7-24,30H,1-2,5-6,25-29H2/q+1. The number of hydrogen-bond acceptors (Lipinski definition) is 9. The molecule has 1 heterocycles. The molecular weight excluding hydrogens is 676 g/mol. The maximum absolute atomic E-state index is 12.7. The molecule has 4 aromatic carbocycles. The highest BCUT2D eigenvalue weighted by Gasteiger charge is 2.13. The van der Waals surface area contributed by atoms with Crippen LogP contribution in [0, 0.1) is 0 Å². The molecule has 0 N–H and O–H groups in total. The normalized spacial score (nSPS) is 10.5. The fourth-order valence-corrected chi connectivity index (χ4v) is 4.92. The molecule has 11 nitrogen and oxygen atoms in total. The predicted octanol–water partition coefficient (Wildman–Crippen LogP) is 6.47. The number of rotatable bonds is 19. The highest BCUT2D eigenvalue weighted by atomic mass is 16.5. The molecule has 0 saturated carbocycles. The van der Waals surface area contributed by atoms with E-state index in [4.69, 9.17) is 23.7 Å². The average Bonchev–Trinajstić information content (AvgIpc) is 3.66. The van der Waals surface area contributed by atoms with Crippen molar-refractivity contribution in [1.82, 2.24) is 4.57 Å². The van der Waals surface area contributed by atoms with Crippen LogP contribution in [0.3, 0.4) is 0 Å². The van der Waals surface area contributed by atoms with Gasteiger partial charge in [0.15, 0.2) is 5.78 Å². The zero-order chi connectivity index (χ0) is 37.4. The summed E-state index contributed by atoms with van der Waals surface area (Å²) in [5, 5.41) is 0. The first kappa shape index (κ1) is 37.5. The number of nitrogens with zero attached hydrogens (tertiary/aromatic N) is 2. The lowest BCUT2D eigenvalue weighted by Gasteiger charge is -2.09. The van der Waals surface area contributed by atoms with Crippen LogP contribution in [0.25, 0.3) is 5.69 Å². The molecule has 11 heteroatoms. The quantitative estimate of drug-likeness (QED) is 0.0311. The van der Waals surface area contributed by atoms with E-state index in [-0.39, 0.29) is 17.3 Å². The molecule has 1 aromatic heterocycles. The lowest BCUT2D eigenvalue weighted by molar-refractivity contribution is -0.696. The zero-order valence-electron chi connectivity index (χ0n) is 29.1. The van der Waals surface area contributed by atoms with Crippen molar-refractivity contribution in [2.24, 2.45) is 0 Å². The van der Waals surface area contributed by atoms with E-state index < -0.39 is 17.9 Å². The SMILES string of the molecule is C=CC(=O)Cc1ccc(-n2cc[n+](CCOc3ccc(C(=O)Oc4ccc(OC(=O)c5ccc(OCCCCOC(=O)C=C)cc5)cc4)cc3)c2)cc1. The smallest absolute Gasteiger partial charge is 0.343 e. The molecule has 0 bridgehead atoms. The number of carbonyl (C=O) groups excluding carboxylic acids is 4. The highest BCUT2D eigenvalue weighted by Crippen LogP contribution is 2.22. The molecule has 0 unspecified atom stereocenters. The van der Waals surface area contributed by atoms with Gasteiger partial charge in [-0.05, 0) is 109 Å². The summed E-state index contributed by atoms with van der Waals surface area (Å²) in [4.78, 5) is 48.0. The van der Waals surface area contributed by atoms with Crippen molar-refractivity contribution in [2.45, 2.75) is 25.8 Å². The first-order valence-corrected chi connectivity index (χ1v) is 16.9. The van der Waals surface area contributed by atoms with Crippen molar-refractivity contribution in [3.05, 3.63) is 158 Å². The lowest BCUT2D eigenvalue weighted by atomic mass is 10.1. The van der Waals surface area contributed by atoms with Gasteiger partial charge in [-0.3, -0.25) is 4.79 Å². The molecule has 0 fully saturated rings. The lowest BCUT2D eigenvalue weighted by Crippen LogP contribution is -2.34. The van der Waals surface area contributed by atoms with Crippen LogP contribution in [0.5, 0.6) is 23.0 Å². The summed E-state index contributed by atoms with van der Waals surface area (Å²) < 4.78 is 31.4. The maximum Gasteiger partial charge on any atom is 0.343 e. The number of benzene rings is 4. The Labute approximate surface area is 307 Å². The number of ketones is 1. The van der Waals surface area contributed by atoms with Crippen LogP contribution in [0.2, 0.25) is 0 Å². The second kappa shape index (κ2) is 19.0. The molecule has 0 saturated heterocycles. The third-order valence-electron chi connectivity index (χ3n) is 7.79. The molecule has 0 aliphatic heterocycles. The minimum atomic E-state index is -0.550. The van der Waals surface area contributed by atoms with Crippen LogP contribution in [0.1, 0.15) is 39.1 Å². The van der Waals surface area contributed by atoms with Crippen LogP contribution >= 0.6 is 0 Å². The number of aromatic nitrogens is 2. The predicted molar refractivity (Wildman–Crippen MR) is 195 cm³/mol. The fraction of sp³-hybridized carbons (Fsp3) is 0.167. The van der Waals surface area contributed by atoms with E-state index in [9.17, 15) is 19.2 Å². The Morgan fingerprint density at radius 3 is 1.70 bits per heavy atom. The van der Waals surface area contributed by atoms with Crippen molar-refractivity contribution >= 4 is 23.7 Å². The topological polar surface area (TPSA) is 123 Å². The van der Waals surface area contributed by atoms with Gasteiger partial charge in [0, 0.05) is 12.5 Å². The molecule has 0 aliphatic carbocycles. The molecule has 53 heavy (non-hydrogen) atoms. The first-order chi connectivity index (χ1) is 25.8. The van der Waals surface area contributed by atoms with Crippen molar-refractivity contribution in [3.8, 4) is 28.7 Å². The molecule has 270 valence electrons. The molecule has 0 atom stereocenters. The van der Waals surface area contributed by atoms with Crippen LogP contribution in [0.4, 0.5) is 0 Å². The summed E-state index contributed by atoms with van der Waals surface area (Å²) in [5.74, 6) is 0.228. The number of unbranched alkanes of at least 4 members (excludes halogenated alkanes) is 1. The molecule has 0 aliphatic rings. The third kappa shape index (κ3) is 11.6. The molecular formula is C42H39N2O9+. The largest absolute Gasteiger partial charge is 0.494 e. The second-order valence-corrected chi connectivity index (χ2v) is 11.6. The number of ether oxygens (including phenoxy) is 5. The van der Waals surface area contributed by atoms with Gasteiger partial charge in [0.2, 0.25) is 6.33 Å². The van der Waals surface area contributed by atoms with Gasteiger partial charge in [0.1, 0.15) is 54.2 Å². The fourth-order valence-electron chi connectivity index (χ4n) is 4.92. The van der Waals surface area contributed by atoms with Crippen molar-refractivity contribution in [3.63, 3.8) is 0 Å². The Kier molecular flexibility index (Phi) is 13.5. The van der Waals surface area contributed by atoms with Crippen LogP contribution in [0.15, 0.2) is 141 Å². The molecule has 5 rings (SSSR count). The van der Waals surface area contributed by atoms with Gasteiger partial charge in [-0.25, -0.2) is 23.5 Å². The molecule has 0 amide bonds. The average molecular weight is 716 g/mol. The summed E-state index contributed by atoms with van der Waals surface area (Å²) in [6.07, 6.45) is 10.00. The summed E-state index contributed by atoms with van der Waals surface area (Å²) in [7, 11) is 0. The minimum absolute atomic E-state index is 0.0140. The van der Waals surface area contributed by atoms with Gasteiger partial charge in [0.25, 0.3) is 0 Å². The van der Waals surface area contributed by atoms with E-state index in [2.05, 4.69) is 13.2 Å². The number of imidazole rings is 1. The minimum Gasteiger partial charge on any atom is -0.494 e.